The van der Waals surface area contributed by atoms with Gasteiger partial charge in [0.2, 0.25) is 5.95 Å². The Morgan fingerprint density at radius 1 is 0.917 bits per heavy atom. The first-order valence-corrected chi connectivity index (χ1v) is 8.00. The molecule has 24 heavy (non-hydrogen) atoms. The van der Waals surface area contributed by atoms with Crippen LogP contribution in [0.25, 0.3) is 11.3 Å². The molecule has 0 unspecified atom stereocenters. The molecule has 1 heterocycles. The van der Waals surface area contributed by atoms with Crippen molar-refractivity contribution < 1.29 is 13.2 Å². The van der Waals surface area contributed by atoms with Crippen molar-refractivity contribution in [2.45, 2.75) is 45.4 Å². The van der Waals surface area contributed by atoms with Crippen molar-refractivity contribution in [3.63, 3.8) is 0 Å². The number of nitrogen functional groups attached to an aromatic ring is 2. The topological polar surface area (TPSA) is 77.8 Å². The molecule has 0 aliphatic carbocycles. The molecule has 4 nitrogen and oxygen atoms in total. The van der Waals surface area contributed by atoms with Crippen LogP contribution in [0.5, 0.6) is 0 Å². The Bertz CT molecular complexity index is 696. The number of nitrogens with two attached hydrogens (primary N) is 2. The summed E-state index contributed by atoms with van der Waals surface area (Å²) >= 11 is 0. The van der Waals surface area contributed by atoms with E-state index in [9.17, 15) is 13.2 Å². The van der Waals surface area contributed by atoms with Crippen molar-refractivity contribution >= 4 is 11.8 Å². The van der Waals surface area contributed by atoms with Gasteiger partial charge in [0.25, 0.3) is 0 Å². The third-order valence-electron chi connectivity index (χ3n) is 3.84. The van der Waals surface area contributed by atoms with Crippen molar-refractivity contribution in [1.29, 1.82) is 0 Å². The van der Waals surface area contributed by atoms with Gasteiger partial charge in [0.05, 0.1) is 5.69 Å². The number of hydrogen-bond donors (Lipinski definition) is 2. The van der Waals surface area contributed by atoms with E-state index in [1.807, 2.05) is 0 Å². The molecule has 0 saturated carbocycles. The minimum atomic E-state index is -1.52. The highest BCUT2D eigenvalue weighted by molar-refractivity contribution is 5.69. The van der Waals surface area contributed by atoms with Crippen LogP contribution in [-0.2, 0) is 6.42 Å². The highest BCUT2D eigenvalue weighted by Crippen LogP contribution is 2.29. The van der Waals surface area contributed by atoms with E-state index in [0.29, 0.717) is 12.0 Å². The van der Waals surface area contributed by atoms with Crippen LogP contribution >= 0.6 is 0 Å². The molecule has 0 fully saturated rings. The molecular weight excluding hydrogens is 317 g/mol. The van der Waals surface area contributed by atoms with E-state index < -0.39 is 17.5 Å². The molecular formula is C17H21F3N4. The number of nitrogens with zero attached hydrogens (tertiary/aromatic N) is 2. The van der Waals surface area contributed by atoms with Gasteiger partial charge in [-0.05, 0) is 25.0 Å². The fraction of sp³-hybridized carbons (Fsp3) is 0.412. The maximum Gasteiger partial charge on any atom is 0.222 e. The normalized spacial score (nSPS) is 11.0. The third kappa shape index (κ3) is 4.15. The second kappa shape index (κ2) is 7.99. The Labute approximate surface area is 139 Å². The zero-order valence-corrected chi connectivity index (χ0v) is 13.6. The molecule has 0 amide bonds. The van der Waals surface area contributed by atoms with Gasteiger partial charge in [-0.15, -0.1) is 0 Å². The molecule has 0 atom stereocenters. The number of aromatic nitrogens is 2. The summed E-state index contributed by atoms with van der Waals surface area (Å²) in [5, 5.41) is 0. The van der Waals surface area contributed by atoms with Crippen LogP contribution < -0.4 is 11.5 Å². The summed E-state index contributed by atoms with van der Waals surface area (Å²) in [6.45, 7) is 2.13. The second-order valence-corrected chi connectivity index (χ2v) is 5.71. The summed E-state index contributed by atoms with van der Waals surface area (Å²) in [5.41, 5.74) is 12.4. The molecule has 1 aromatic carbocycles. The molecule has 4 N–H and O–H groups in total. The predicted octanol–water partition coefficient (Wildman–Crippen LogP) is 4.24. The first kappa shape index (κ1) is 18.0. The van der Waals surface area contributed by atoms with Crippen LogP contribution in [0.15, 0.2) is 12.1 Å². The monoisotopic (exact) mass is 338 g/mol. The van der Waals surface area contributed by atoms with Crippen LogP contribution in [0, 0.1) is 17.5 Å². The summed E-state index contributed by atoms with van der Waals surface area (Å²) in [5.74, 6) is -4.00. The molecule has 0 bridgehead atoms. The quantitative estimate of drug-likeness (QED) is 0.585. The fourth-order valence-electron chi connectivity index (χ4n) is 2.60. The lowest BCUT2D eigenvalue weighted by molar-refractivity contribution is 0.447. The molecule has 7 heteroatoms. The molecule has 0 radical (unpaired) electrons. The Balaban J connectivity index is 2.35. The summed E-state index contributed by atoms with van der Waals surface area (Å²) in [7, 11) is 0. The van der Waals surface area contributed by atoms with Crippen LogP contribution in [0.1, 0.15) is 44.6 Å². The maximum atomic E-state index is 13.5. The Morgan fingerprint density at radius 3 is 2.17 bits per heavy atom. The minimum absolute atomic E-state index is 0.0933. The van der Waals surface area contributed by atoms with Gasteiger partial charge in [-0.2, -0.15) is 4.98 Å². The van der Waals surface area contributed by atoms with Gasteiger partial charge >= 0.3 is 0 Å². The SMILES string of the molecule is CCCCCCCc1c(N)nc(N)nc1-c1cc(F)c(F)c(F)c1. The van der Waals surface area contributed by atoms with Crippen LogP contribution in [0.2, 0.25) is 0 Å². The van der Waals surface area contributed by atoms with Crippen molar-refractivity contribution in [2.75, 3.05) is 11.5 Å². The molecule has 0 saturated heterocycles. The van der Waals surface area contributed by atoms with Crippen molar-refractivity contribution in [1.82, 2.24) is 9.97 Å². The van der Waals surface area contributed by atoms with E-state index in [2.05, 4.69) is 16.9 Å². The second-order valence-electron chi connectivity index (χ2n) is 5.71. The van der Waals surface area contributed by atoms with Crippen LogP contribution in [0.4, 0.5) is 24.9 Å². The predicted molar refractivity (Wildman–Crippen MR) is 88.6 cm³/mol. The minimum Gasteiger partial charge on any atom is -0.383 e. The first-order valence-electron chi connectivity index (χ1n) is 8.00. The molecule has 2 rings (SSSR count). The molecule has 2 aromatic rings. The summed E-state index contributed by atoms with van der Waals surface area (Å²) < 4.78 is 40.2. The molecule has 1 aromatic heterocycles. The van der Waals surface area contributed by atoms with E-state index >= 15 is 0 Å². The van der Waals surface area contributed by atoms with Crippen molar-refractivity contribution in [2.24, 2.45) is 0 Å². The number of unbranched alkanes of at least 4 members (excludes halogenated alkanes) is 4. The zero-order valence-electron chi connectivity index (χ0n) is 13.6. The Kier molecular flexibility index (Phi) is 6.00. The largest absolute Gasteiger partial charge is 0.383 e. The van der Waals surface area contributed by atoms with E-state index in [4.69, 9.17) is 11.5 Å². The summed E-state index contributed by atoms with van der Waals surface area (Å²) in [6, 6.07) is 1.78. The van der Waals surface area contributed by atoms with Crippen molar-refractivity contribution in [3.8, 4) is 11.3 Å². The molecule has 130 valence electrons. The Morgan fingerprint density at radius 2 is 1.54 bits per heavy atom. The van der Waals surface area contributed by atoms with Gasteiger partial charge < -0.3 is 11.5 Å². The van der Waals surface area contributed by atoms with Gasteiger partial charge in [0.1, 0.15) is 5.82 Å². The third-order valence-corrected chi connectivity index (χ3v) is 3.84. The van der Waals surface area contributed by atoms with E-state index in [-0.39, 0.29) is 23.0 Å². The highest BCUT2D eigenvalue weighted by atomic mass is 19.2. The van der Waals surface area contributed by atoms with Crippen LogP contribution in [-0.4, -0.2) is 9.97 Å². The first-order chi connectivity index (χ1) is 11.4. The maximum absolute atomic E-state index is 13.5. The lowest BCUT2D eigenvalue weighted by Gasteiger charge is -2.12. The van der Waals surface area contributed by atoms with E-state index in [0.717, 1.165) is 44.2 Å². The van der Waals surface area contributed by atoms with E-state index in [1.54, 1.807) is 0 Å². The highest BCUT2D eigenvalue weighted by Gasteiger charge is 2.17. The van der Waals surface area contributed by atoms with Gasteiger partial charge in [-0.25, -0.2) is 18.2 Å². The smallest absolute Gasteiger partial charge is 0.222 e. The molecule has 0 spiro atoms. The average molecular weight is 338 g/mol. The van der Waals surface area contributed by atoms with E-state index in [1.165, 1.54) is 0 Å². The lowest BCUT2D eigenvalue weighted by atomic mass is 10.00. The van der Waals surface area contributed by atoms with Gasteiger partial charge in [0, 0.05) is 11.1 Å². The lowest BCUT2D eigenvalue weighted by Crippen LogP contribution is -2.08. The number of rotatable bonds is 7. The summed E-state index contributed by atoms with van der Waals surface area (Å²) in [6.07, 6.45) is 5.79. The Hall–Kier alpha value is -2.31. The van der Waals surface area contributed by atoms with Crippen molar-refractivity contribution in [3.05, 3.63) is 35.1 Å². The number of hydrogen-bond acceptors (Lipinski definition) is 4. The fourth-order valence-corrected chi connectivity index (χ4v) is 2.60. The summed E-state index contributed by atoms with van der Waals surface area (Å²) in [4.78, 5) is 7.98. The number of halogens is 3. The number of anilines is 2. The van der Waals surface area contributed by atoms with Gasteiger partial charge in [-0.3, -0.25) is 0 Å². The zero-order chi connectivity index (χ0) is 17.7. The van der Waals surface area contributed by atoms with Gasteiger partial charge in [-0.1, -0.05) is 32.6 Å². The number of benzene rings is 1. The standard InChI is InChI=1S/C17H21F3N4/c1-2-3-4-5-6-7-11-15(23-17(22)24-16(11)21)10-8-12(18)14(20)13(19)9-10/h8-9H,2-7H2,1H3,(H4,21,22,23,24). The van der Waals surface area contributed by atoms with Gasteiger partial charge in [0.15, 0.2) is 17.5 Å². The molecule has 0 aliphatic rings. The van der Waals surface area contributed by atoms with Crippen LogP contribution in [0.3, 0.4) is 0 Å². The average Bonchev–Trinajstić information content (AvgIpc) is 2.53. The molecule has 0 aliphatic heterocycles.